The van der Waals surface area contributed by atoms with Crippen molar-refractivity contribution in [2.24, 2.45) is 16.7 Å². The van der Waals surface area contributed by atoms with Gasteiger partial charge in [-0.1, -0.05) is 37.3 Å². The average Bonchev–Trinajstić information content (AvgIpc) is 2.89. The van der Waals surface area contributed by atoms with Gasteiger partial charge in [-0.05, 0) is 67.6 Å². The van der Waals surface area contributed by atoms with E-state index in [0.29, 0.717) is 5.92 Å². The Bertz CT molecular complexity index is 647. The summed E-state index contributed by atoms with van der Waals surface area (Å²) in [6.45, 7) is 2.37. The van der Waals surface area contributed by atoms with Crippen LogP contribution in [0.2, 0.25) is 0 Å². The monoisotopic (exact) mass is 279 g/mol. The molecule has 1 aromatic rings. The van der Waals surface area contributed by atoms with Crippen LogP contribution in [0.3, 0.4) is 0 Å². The van der Waals surface area contributed by atoms with Gasteiger partial charge in [-0.15, -0.1) is 0 Å². The maximum Gasteiger partial charge on any atom is 0.0889 e. The molecule has 0 amide bonds. The molecule has 1 heteroatoms. The second kappa shape index (κ2) is 3.63. The standard InChI is InChI=1S/C20H23O/c1-18-9-8-16-15-5-3-2-4-14(15)6-7-17(16)19(18)10-12-20(18,21)13-11-19/h3-5,10,12,16-17,21H,6-9,11,13H2,1H3/t16-,17-,18+,19+,20+/m1/s1. The van der Waals surface area contributed by atoms with Crippen molar-refractivity contribution in [2.45, 2.75) is 57.0 Å². The number of aryl methyl sites for hydroxylation is 1. The van der Waals surface area contributed by atoms with Gasteiger partial charge in [-0.25, -0.2) is 0 Å². The predicted octanol–water partition coefficient (Wildman–Crippen LogP) is 4.01. The SMILES string of the molecule is C[C@]12CC[C@@H]3c4cc[c]cc4CC[C@H]3[C@@]13C=C[C@]2(O)CC3. The minimum absolute atomic E-state index is 0.0829. The first-order valence-electron chi connectivity index (χ1n) is 8.51. The molecule has 5 rings (SSSR count). The molecule has 0 aliphatic heterocycles. The van der Waals surface area contributed by atoms with Gasteiger partial charge >= 0.3 is 0 Å². The summed E-state index contributed by atoms with van der Waals surface area (Å²) in [5, 5.41) is 11.1. The first kappa shape index (κ1) is 12.5. The zero-order valence-corrected chi connectivity index (χ0v) is 12.7. The summed E-state index contributed by atoms with van der Waals surface area (Å²) < 4.78 is 0. The first-order valence-corrected chi connectivity index (χ1v) is 8.51. The van der Waals surface area contributed by atoms with Crippen molar-refractivity contribution >= 4 is 0 Å². The molecule has 2 saturated carbocycles. The fourth-order valence-electron chi connectivity index (χ4n) is 6.54. The maximum absolute atomic E-state index is 11.1. The van der Waals surface area contributed by atoms with Crippen LogP contribution >= 0.6 is 0 Å². The molecular weight excluding hydrogens is 256 g/mol. The first-order chi connectivity index (χ1) is 10.1. The van der Waals surface area contributed by atoms with Crippen LogP contribution in [0.25, 0.3) is 0 Å². The molecule has 0 unspecified atom stereocenters. The highest BCUT2D eigenvalue weighted by molar-refractivity contribution is 5.41. The van der Waals surface area contributed by atoms with Crippen molar-refractivity contribution in [2.75, 3.05) is 0 Å². The smallest absolute Gasteiger partial charge is 0.0889 e. The van der Waals surface area contributed by atoms with Gasteiger partial charge in [0.15, 0.2) is 0 Å². The quantitative estimate of drug-likeness (QED) is 0.711. The molecule has 21 heavy (non-hydrogen) atoms. The highest BCUT2D eigenvalue weighted by atomic mass is 16.3. The third-order valence-corrected chi connectivity index (χ3v) is 7.77. The molecular formula is C20H23O. The lowest BCUT2D eigenvalue weighted by Crippen LogP contribution is -2.52. The Balaban J connectivity index is 1.66. The Morgan fingerprint density at radius 2 is 2.10 bits per heavy atom. The number of hydrogen-bond acceptors (Lipinski definition) is 1. The predicted molar refractivity (Wildman–Crippen MR) is 82.9 cm³/mol. The number of fused-ring (bicyclic) bond motifs is 3. The lowest BCUT2D eigenvalue weighted by molar-refractivity contribution is -0.0870. The van der Waals surface area contributed by atoms with Crippen LogP contribution in [-0.4, -0.2) is 10.7 Å². The molecule has 109 valence electrons. The highest BCUT2D eigenvalue weighted by Crippen LogP contribution is 2.74. The van der Waals surface area contributed by atoms with E-state index in [4.69, 9.17) is 0 Å². The van der Waals surface area contributed by atoms with E-state index in [9.17, 15) is 5.11 Å². The summed E-state index contributed by atoms with van der Waals surface area (Å²) in [5.41, 5.74) is 2.91. The summed E-state index contributed by atoms with van der Waals surface area (Å²) in [4.78, 5) is 0. The number of benzene rings is 1. The van der Waals surface area contributed by atoms with Crippen LogP contribution in [0.15, 0.2) is 30.4 Å². The van der Waals surface area contributed by atoms with Crippen LogP contribution in [-0.2, 0) is 6.42 Å². The van der Waals surface area contributed by atoms with E-state index in [0.717, 1.165) is 18.8 Å². The molecule has 0 saturated heterocycles. The minimum atomic E-state index is -0.525. The molecule has 2 bridgehead atoms. The zero-order chi connectivity index (χ0) is 14.3. The molecule has 0 heterocycles. The van der Waals surface area contributed by atoms with Gasteiger partial charge in [0.2, 0.25) is 0 Å². The van der Waals surface area contributed by atoms with Crippen LogP contribution in [0, 0.1) is 22.8 Å². The van der Waals surface area contributed by atoms with Crippen molar-refractivity contribution in [1.82, 2.24) is 0 Å². The Morgan fingerprint density at radius 1 is 1.19 bits per heavy atom. The summed E-state index contributed by atoms with van der Waals surface area (Å²) in [6, 6.07) is 9.85. The fourth-order valence-corrected chi connectivity index (χ4v) is 6.54. The fraction of sp³-hybridized carbons (Fsp3) is 0.600. The van der Waals surface area contributed by atoms with Crippen LogP contribution < -0.4 is 0 Å². The molecule has 1 radical (unpaired) electrons. The summed E-state index contributed by atoms with van der Waals surface area (Å²) in [6.07, 6.45) is 11.6. The van der Waals surface area contributed by atoms with Gasteiger partial charge in [-0.3, -0.25) is 0 Å². The third kappa shape index (κ3) is 1.21. The van der Waals surface area contributed by atoms with Crippen LogP contribution in [0.1, 0.15) is 56.1 Å². The van der Waals surface area contributed by atoms with Crippen molar-refractivity contribution < 1.29 is 5.11 Å². The van der Waals surface area contributed by atoms with Crippen molar-refractivity contribution in [1.29, 1.82) is 0 Å². The second-order valence-electron chi connectivity index (χ2n) is 8.05. The largest absolute Gasteiger partial charge is 0.385 e. The van der Waals surface area contributed by atoms with Gasteiger partial charge in [0.1, 0.15) is 0 Å². The Kier molecular flexibility index (Phi) is 2.15. The number of allylic oxidation sites excluding steroid dienone is 1. The Morgan fingerprint density at radius 3 is 2.90 bits per heavy atom. The van der Waals surface area contributed by atoms with E-state index in [1.807, 2.05) is 0 Å². The van der Waals surface area contributed by atoms with E-state index in [-0.39, 0.29) is 10.8 Å². The van der Waals surface area contributed by atoms with Crippen molar-refractivity contribution in [3.8, 4) is 0 Å². The van der Waals surface area contributed by atoms with Crippen molar-refractivity contribution in [3.05, 3.63) is 47.5 Å². The molecule has 0 spiro atoms. The second-order valence-corrected chi connectivity index (χ2v) is 8.05. The molecule has 1 N–H and O–H groups in total. The third-order valence-electron chi connectivity index (χ3n) is 7.77. The normalized spacial score (nSPS) is 49.6. The Labute approximate surface area is 127 Å². The van der Waals surface area contributed by atoms with Gasteiger partial charge in [0.25, 0.3) is 0 Å². The average molecular weight is 279 g/mol. The zero-order valence-electron chi connectivity index (χ0n) is 12.7. The van der Waals surface area contributed by atoms with E-state index in [1.54, 1.807) is 5.56 Å². The number of aliphatic hydroxyl groups is 1. The molecule has 5 atom stereocenters. The molecule has 0 aromatic heterocycles. The lowest BCUT2D eigenvalue weighted by atomic mass is 9.48. The lowest BCUT2D eigenvalue weighted by Gasteiger charge is -2.56. The van der Waals surface area contributed by atoms with E-state index in [2.05, 4.69) is 43.3 Å². The molecule has 1 aromatic carbocycles. The van der Waals surface area contributed by atoms with Gasteiger partial charge in [0.05, 0.1) is 5.60 Å². The van der Waals surface area contributed by atoms with Crippen LogP contribution in [0.4, 0.5) is 0 Å². The van der Waals surface area contributed by atoms with Crippen molar-refractivity contribution in [3.63, 3.8) is 0 Å². The minimum Gasteiger partial charge on any atom is -0.385 e. The van der Waals surface area contributed by atoms with E-state index < -0.39 is 5.60 Å². The van der Waals surface area contributed by atoms with Gasteiger partial charge < -0.3 is 5.11 Å². The summed E-state index contributed by atoms with van der Waals surface area (Å²) in [5.74, 6) is 1.42. The topological polar surface area (TPSA) is 20.2 Å². The van der Waals surface area contributed by atoms with E-state index >= 15 is 0 Å². The number of hydrogen-bond donors (Lipinski definition) is 1. The molecule has 1 nitrogen and oxygen atoms in total. The molecule has 2 fully saturated rings. The van der Waals surface area contributed by atoms with E-state index in [1.165, 1.54) is 31.2 Å². The maximum atomic E-state index is 11.1. The summed E-state index contributed by atoms with van der Waals surface area (Å²) in [7, 11) is 0. The van der Waals surface area contributed by atoms with Gasteiger partial charge in [0, 0.05) is 10.8 Å². The Hall–Kier alpha value is -1.08. The van der Waals surface area contributed by atoms with Gasteiger partial charge in [-0.2, -0.15) is 0 Å². The van der Waals surface area contributed by atoms with Crippen LogP contribution in [0.5, 0.6) is 0 Å². The highest BCUT2D eigenvalue weighted by Gasteiger charge is 2.70. The number of rotatable bonds is 0. The molecule has 4 aliphatic carbocycles. The summed E-state index contributed by atoms with van der Waals surface area (Å²) >= 11 is 0. The molecule has 4 aliphatic rings.